The molecule has 0 aromatic rings. The van der Waals surface area contributed by atoms with Gasteiger partial charge in [0.25, 0.3) is 0 Å². The number of nitrogens with two attached hydrogens (primary N) is 1. The number of aliphatic imine (C=N–C) groups is 1. The van der Waals surface area contributed by atoms with Crippen LogP contribution >= 0.6 is 0 Å². The van der Waals surface area contributed by atoms with E-state index in [4.69, 9.17) is 16.0 Å². The number of nitrogens with one attached hydrogen (secondary N) is 1. The third kappa shape index (κ3) is 5.41. The summed E-state index contributed by atoms with van der Waals surface area (Å²) in [6.45, 7) is 5.30. The van der Waals surface area contributed by atoms with E-state index < -0.39 is 0 Å². The average Bonchev–Trinajstić information content (AvgIpc) is 2.24. The number of allylic oxidation sites excluding steroid dienone is 3. The van der Waals surface area contributed by atoms with Crippen LogP contribution in [0.2, 0.25) is 0 Å². The summed E-state index contributed by atoms with van der Waals surface area (Å²) in [6.07, 6.45) is 5.58. The fourth-order valence-electron chi connectivity index (χ4n) is 0.763. The minimum Gasteiger partial charge on any atom is -0.404 e. The van der Waals surface area contributed by atoms with Crippen LogP contribution in [0.4, 0.5) is 0 Å². The zero-order valence-corrected chi connectivity index (χ0v) is 9.19. The summed E-state index contributed by atoms with van der Waals surface area (Å²) < 4.78 is 0. The van der Waals surface area contributed by atoms with E-state index in [2.05, 4.69) is 10.1 Å². The molecule has 0 spiro atoms. The molecule has 82 valence electrons. The number of rotatable bonds is 5. The van der Waals surface area contributed by atoms with Gasteiger partial charge < -0.3 is 10.6 Å². The van der Waals surface area contributed by atoms with Crippen molar-refractivity contribution >= 4 is 18.3 Å². The fourth-order valence-corrected chi connectivity index (χ4v) is 0.763. The van der Waals surface area contributed by atoms with Gasteiger partial charge in [0.1, 0.15) is 12.1 Å². The highest BCUT2D eigenvalue weighted by molar-refractivity contribution is 6.10. The van der Waals surface area contributed by atoms with Crippen molar-refractivity contribution in [1.82, 2.24) is 0 Å². The molecule has 3 N–H and O–H groups in total. The van der Waals surface area contributed by atoms with Crippen molar-refractivity contribution in [2.75, 3.05) is 0 Å². The molecule has 0 aliphatic rings. The molecule has 0 saturated carbocycles. The number of hydrogen-bond acceptors (Lipinski definition) is 4. The molecule has 0 amide bonds. The van der Waals surface area contributed by atoms with Crippen LogP contribution in [0.5, 0.6) is 0 Å². The van der Waals surface area contributed by atoms with Gasteiger partial charge in [-0.2, -0.15) is 0 Å². The van der Waals surface area contributed by atoms with Crippen LogP contribution in [-0.4, -0.2) is 18.3 Å². The first-order valence-electron chi connectivity index (χ1n) is 4.44. The second kappa shape index (κ2) is 7.49. The van der Waals surface area contributed by atoms with Crippen LogP contribution in [0.1, 0.15) is 20.8 Å². The third-order valence-electron chi connectivity index (χ3n) is 1.50. The first-order valence-corrected chi connectivity index (χ1v) is 4.44. The Hall–Kier alpha value is -1.91. The molecule has 0 aliphatic carbocycles. The van der Waals surface area contributed by atoms with Gasteiger partial charge in [-0.1, -0.05) is 5.16 Å². The van der Waals surface area contributed by atoms with Gasteiger partial charge in [-0.3, -0.25) is 5.41 Å². The van der Waals surface area contributed by atoms with Crippen molar-refractivity contribution < 1.29 is 4.84 Å². The van der Waals surface area contributed by atoms with Crippen LogP contribution in [0, 0.1) is 5.41 Å². The van der Waals surface area contributed by atoms with Gasteiger partial charge in [0, 0.05) is 12.3 Å². The Labute approximate surface area is 89.5 Å². The lowest BCUT2D eigenvalue weighted by Crippen LogP contribution is -2.01. The number of nitrogens with zero attached hydrogens (tertiary/aromatic N) is 2. The van der Waals surface area contributed by atoms with Gasteiger partial charge in [-0.15, -0.1) is 0 Å². The average molecular weight is 208 g/mol. The van der Waals surface area contributed by atoms with Gasteiger partial charge in [0.05, 0.1) is 5.71 Å². The van der Waals surface area contributed by atoms with Crippen LogP contribution in [0.15, 0.2) is 33.8 Å². The normalized spacial score (nSPS) is 14.5. The second-order valence-electron chi connectivity index (χ2n) is 2.70. The lowest BCUT2D eigenvalue weighted by Gasteiger charge is -2.01. The summed E-state index contributed by atoms with van der Waals surface area (Å²) in [5.41, 5.74) is 6.71. The van der Waals surface area contributed by atoms with E-state index in [0.29, 0.717) is 11.5 Å². The van der Waals surface area contributed by atoms with Crippen molar-refractivity contribution in [2.45, 2.75) is 20.8 Å². The standard InChI is InChI=1S/C10H16N4O/c1-4-14-15-9(3)5-10(13-7-12)8(2)6-11/h4-7,12H,11H2,1-3H3/b8-6+,9-5+,12-7?,13-10?,14-4+. The summed E-state index contributed by atoms with van der Waals surface area (Å²) in [7, 11) is 0. The van der Waals surface area contributed by atoms with E-state index in [1.54, 1.807) is 26.8 Å². The largest absolute Gasteiger partial charge is 0.404 e. The number of oxime groups is 1. The van der Waals surface area contributed by atoms with Crippen molar-refractivity contribution in [3.8, 4) is 0 Å². The monoisotopic (exact) mass is 208 g/mol. The Morgan fingerprint density at radius 2 is 2.07 bits per heavy atom. The third-order valence-corrected chi connectivity index (χ3v) is 1.50. The summed E-state index contributed by atoms with van der Waals surface area (Å²) in [4.78, 5) is 8.81. The molecule has 0 aromatic heterocycles. The SMILES string of the molecule is C/C=N/O/C(C)=C/C(=NC=N)/C(C)=C/N. The molecule has 0 aromatic carbocycles. The highest BCUT2D eigenvalue weighted by Gasteiger charge is 1.99. The van der Waals surface area contributed by atoms with E-state index in [-0.39, 0.29) is 0 Å². The minimum absolute atomic E-state index is 0.579. The highest BCUT2D eigenvalue weighted by atomic mass is 16.6. The molecule has 5 nitrogen and oxygen atoms in total. The first-order chi connectivity index (χ1) is 7.15. The second-order valence-corrected chi connectivity index (χ2v) is 2.70. The molecule has 0 aliphatic heterocycles. The molecular formula is C10H16N4O. The van der Waals surface area contributed by atoms with Gasteiger partial charge in [0.15, 0.2) is 0 Å². The zero-order chi connectivity index (χ0) is 11.7. The quantitative estimate of drug-likeness (QED) is 0.312. The fraction of sp³-hybridized carbons (Fsp3) is 0.300. The molecule has 0 atom stereocenters. The van der Waals surface area contributed by atoms with Crippen molar-refractivity contribution in [1.29, 1.82) is 5.41 Å². The molecule has 0 fully saturated rings. The lowest BCUT2D eigenvalue weighted by atomic mass is 10.2. The smallest absolute Gasteiger partial charge is 0.134 e. The molecule has 5 heteroatoms. The van der Waals surface area contributed by atoms with Crippen molar-refractivity contribution in [3.05, 3.63) is 23.6 Å². The maximum absolute atomic E-state index is 6.90. The number of hydrogen-bond donors (Lipinski definition) is 2. The molecule has 15 heavy (non-hydrogen) atoms. The van der Waals surface area contributed by atoms with Gasteiger partial charge >= 0.3 is 0 Å². The topological polar surface area (TPSA) is 83.8 Å². The van der Waals surface area contributed by atoms with E-state index in [1.165, 1.54) is 12.4 Å². The molecule has 0 unspecified atom stereocenters. The minimum atomic E-state index is 0.579. The predicted molar refractivity (Wildman–Crippen MR) is 63.2 cm³/mol. The lowest BCUT2D eigenvalue weighted by molar-refractivity contribution is 0.232. The molecule has 0 bridgehead atoms. The van der Waals surface area contributed by atoms with Crippen LogP contribution in [-0.2, 0) is 4.84 Å². The maximum Gasteiger partial charge on any atom is 0.134 e. The van der Waals surface area contributed by atoms with Crippen LogP contribution in [0.25, 0.3) is 0 Å². The maximum atomic E-state index is 6.90. The molecule has 0 saturated heterocycles. The Bertz CT molecular complexity index is 326. The Morgan fingerprint density at radius 3 is 2.53 bits per heavy atom. The van der Waals surface area contributed by atoms with Crippen molar-refractivity contribution in [3.63, 3.8) is 0 Å². The first kappa shape index (κ1) is 13.1. The van der Waals surface area contributed by atoms with E-state index in [1.807, 2.05) is 0 Å². The van der Waals surface area contributed by atoms with Gasteiger partial charge in [-0.05, 0) is 32.5 Å². The highest BCUT2D eigenvalue weighted by Crippen LogP contribution is 2.03. The predicted octanol–water partition coefficient (Wildman–Crippen LogP) is 1.82. The van der Waals surface area contributed by atoms with Gasteiger partial charge in [0.2, 0.25) is 0 Å². The Morgan fingerprint density at radius 1 is 1.40 bits per heavy atom. The summed E-state index contributed by atoms with van der Waals surface area (Å²) in [5.74, 6) is 0.579. The van der Waals surface area contributed by atoms with Gasteiger partial charge in [-0.25, -0.2) is 4.99 Å². The summed E-state index contributed by atoms with van der Waals surface area (Å²) in [5, 5.41) is 10.5. The van der Waals surface area contributed by atoms with E-state index >= 15 is 0 Å². The Balaban J connectivity index is 4.82. The summed E-state index contributed by atoms with van der Waals surface area (Å²) >= 11 is 0. The summed E-state index contributed by atoms with van der Waals surface area (Å²) in [6, 6.07) is 0. The molecule has 0 rings (SSSR count). The molecule has 0 radical (unpaired) electrons. The van der Waals surface area contributed by atoms with Crippen LogP contribution in [0.3, 0.4) is 0 Å². The van der Waals surface area contributed by atoms with Crippen molar-refractivity contribution in [2.24, 2.45) is 15.9 Å². The van der Waals surface area contributed by atoms with E-state index in [9.17, 15) is 0 Å². The van der Waals surface area contributed by atoms with E-state index in [0.717, 1.165) is 11.9 Å². The zero-order valence-electron chi connectivity index (χ0n) is 9.19. The molecular weight excluding hydrogens is 192 g/mol. The molecule has 0 heterocycles. The Kier molecular flexibility index (Phi) is 6.54. The van der Waals surface area contributed by atoms with Crippen LogP contribution < -0.4 is 5.73 Å².